The van der Waals surface area contributed by atoms with Crippen LogP contribution in [0.1, 0.15) is 5.56 Å². The second-order valence-corrected chi connectivity index (χ2v) is 4.23. The van der Waals surface area contributed by atoms with E-state index < -0.39 is 5.82 Å². The molecule has 1 heterocycles. The Balaban J connectivity index is 2.19. The third-order valence-electron chi connectivity index (χ3n) is 2.77. The molecule has 0 bridgehead atoms. The molecule has 0 saturated carbocycles. The molecular weight excluding hydrogens is 231 g/mol. The van der Waals surface area contributed by atoms with Gasteiger partial charge in [0.25, 0.3) is 0 Å². The fourth-order valence-corrected chi connectivity index (χ4v) is 1.85. The van der Waals surface area contributed by atoms with Gasteiger partial charge in [-0.25, -0.2) is 9.37 Å². The molecule has 0 radical (unpaired) electrons. The first-order chi connectivity index (χ1) is 8.63. The average Bonchev–Trinajstić information content (AvgIpc) is 2.71. The molecule has 2 aromatic carbocycles. The molecule has 90 valence electrons. The summed E-state index contributed by atoms with van der Waals surface area (Å²) in [5.74, 6) is -0.161. The van der Waals surface area contributed by atoms with Gasteiger partial charge in [-0.05, 0) is 42.8 Å². The van der Waals surface area contributed by atoms with E-state index in [0.717, 1.165) is 5.56 Å². The molecule has 3 nitrogen and oxygen atoms in total. The Morgan fingerprint density at radius 1 is 1.17 bits per heavy atom. The lowest BCUT2D eigenvalue weighted by Crippen LogP contribution is -1.89. The summed E-state index contributed by atoms with van der Waals surface area (Å²) in [5, 5.41) is 0. The van der Waals surface area contributed by atoms with Crippen LogP contribution in [0.15, 0.2) is 40.8 Å². The van der Waals surface area contributed by atoms with Crippen molar-refractivity contribution >= 4 is 16.8 Å². The standard InChI is InChI=1S/C14H11FN2O/c1-8-2-5-12-13(6-8)18-14(17-12)10-4-3-9(16)7-11(10)15/h2-7H,16H2,1H3. The summed E-state index contributed by atoms with van der Waals surface area (Å²) in [6.45, 7) is 1.96. The van der Waals surface area contributed by atoms with E-state index in [1.165, 1.54) is 6.07 Å². The smallest absolute Gasteiger partial charge is 0.230 e. The maximum atomic E-state index is 13.8. The van der Waals surface area contributed by atoms with Gasteiger partial charge < -0.3 is 10.2 Å². The van der Waals surface area contributed by atoms with Gasteiger partial charge in [-0.15, -0.1) is 0 Å². The van der Waals surface area contributed by atoms with Crippen LogP contribution in [0.2, 0.25) is 0 Å². The van der Waals surface area contributed by atoms with Crippen molar-refractivity contribution in [3.8, 4) is 11.5 Å². The summed E-state index contributed by atoms with van der Waals surface area (Å²) < 4.78 is 19.3. The first-order valence-corrected chi connectivity index (χ1v) is 5.56. The molecule has 0 fully saturated rings. The van der Waals surface area contributed by atoms with Gasteiger partial charge in [0.05, 0.1) is 5.56 Å². The number of aryl methyl sites for hydroxylation is 1. The van der Waals surface area contributed by atoms with Gasteiger partial charge >= 0.3 is 0 Å². The molecule has 0 saturated heterocycles. The van der Waals surface area contributed by atoms with Crippen molar-refractivity contribution in [2.45, 2.75) is 6.92 Å². The molecule has 0 unspecified atom stereocenters. The van der Waals surface area contributed by atoms with Crippen molar-refractivity contribution in [2.24, 2.45) is 0 Å². The highest BCUT2D eigenvalue weighted by Gasteiger charge is 2.12. The van der Waals surface area contributed by atoms with E-state index in [0.29, 0.717) is 22.4 Å². The molecule has 0 aliphatic carbocycles. The van der Waals surface area contributed by atoms with Crippen molar-refractivity contribution in [1.82, 2.24) is 4.98 Å². The maximum Gasteiger partial charge on any atom is 0.230 e. The molecule has 4 heteroatoms. The summed E-state index contributed by atoms with van der Waals surface area (Å²) in [4.78, 5) is 4.27. The van der Waals surface area contributed by atoms with Crippen LogP contribution in [-0.4, -0.2) is 4.98 Å². The zero-order valence-corrected chi connectivity index (χ0v) is 9.77. The first kappa shape index (κ1) is 10.8. The number of hydrogen-bond donors (Lipinski definition) is 1. The van der Waals surface area contributed by atoms with E-state index in [9.17, 15) is 4.39 Å². The van der Waals surface area contributed by atoms with E-state index in [4.69, 9.17) is 10.2 Å². The van der Waals surface area contributed by atoms with Gasteiger partial charge in [0.1, 0.15) is 11.3 Å². The largest absolute Gasteiger partial charge is 0.436 e. The summed E-state index contributed by atoms with van der Waals surface area (Å²) in [5.41, 5.74) is 8.65. The number of rotatable bonds is 1. The molecule has 3 aromatic rings. The molecule has 0 spiro atoms. The molecule has 0 amide bonds. The van der Waals surface area contributed by atoms with E-state index >= 15 is 0 Å². The SMILES string of the molecule is Cc1ccc2nc(-c3ccc(N)cc3F)oc2c1. The van der Waals surface area contributed by atoms with Gasteiger partial charge in [0, 0.05) is 5.69 Å². The average molecular weight is 242 g/mol. The number of halogens is 1. The number of aromatic nitrogens is 1. The van der Waals surface area contributed by atoms with Crippen LogP contribution in [0.3, 0.4) is 0 Å². The van der Waals surface area contributed by atoms with Crippen molar-refractivity contribution in [3.05, 3.63) is 47.8 Å². The Bertz CT molecular complexity index is 734. The Morgan fingerprint density at radius 3 is 2.78 bits per heavy atom. The monoisotopic (exact) mass is 242 g/mol. The molecule has 3 rings (SSSR count). The van der Waals surface area contributed by atoms with E-state index in [1.54, 1.807) is 12.1 Å². The van der Waals surface area contributed by atoms with Crippen molar-refractivity contribution in [3.63, 3.8) is 0 Å². The van der Waals surface area contributed by atoms with Crippen molar-refractivity contribution in [1.29, 1.82) is 0 Å². The Hall–Kier alpha value is -2.36. The van der Waals surface area contributed by atoms with Crippen LogP contribution >= 0.6 is 0 Å². The van der Waals surface area contributed by atoms with Gasteiger partial charge in [0.15, 0.2) is 5.58 Å². The predicted molar refractivity (Wildman–Crippen MR) is 68.6 cm³/mol. The number of nitrogen functional groups attached to an aromatic ring is 1. The summed E-state index contributed by atoms with van der Waals surface area (Å²) in [6.07, 6.45) is 0. The number of oxazole rings is 1. The number of nitrogens with two attached hydrogens (primary N) is 1. The van der Waals surface area contributed by atoms with E-state index in [2.05, 4.69) is 4.98 Å². The molecule has 18 heavy (non-hydrogen) atoms. The number of benzene rings is 2. The molecule has 0 atom stereocenters. The van der Waals surface area contributed by atoms with Crippen LogP contribution in [0, 0.1) is 12.7 Å². The van der Waals surface area contributed by atoms with Crippen LogP contribution < -0.4 is 5.73 Å². The molecule has 0 aliphatic rings. The predicted octanol–water partition coefficient (Wildman–Crippen LogP) is 3.52. The minimum Gasteiger partial charge on any atom is -0.436 e. The highest BCUT2D eigenvalue weighted by Crippen LogP contribution is 2.27. The third-order valence-corrected chi connectivity index (χ3v) is 2.77. The number of fused-ring (bicyclic) bond motifs is 1. The lowest BCUT2D eigenvalue weighted by atomic mass is 10.2. The first-order valence-electron chi connectivity index (χ1n) is 5.56. The van der Waals surface area contributed by atoms with E-state index in [1.807, 2.05) is 25.1 Å². The van der Waals surface area contributed by atoms with Crippen LogP contribution in [0.4, 0.5) is 10.1 Å². The fourth-order valence-electron chi connectivity index (χ4n) is 1.85. The Kier molecular flexibility index (Phi) is 2.30. The zero-order valence-electron chi connectivity index (χ0n) is 9.77. The highest BCUT2D eigenvalue weighted by molar-refractivity contribution is 5.77. The molecule has 1 aromatic heterocycles. The van der Waals surface area contributed by atoms with Crippen LogP contribution in [-0.2, 0) is 0 Å². The van der Waals surface area contributed by atoms with Crippen molar-refractivity contribution < 1.29 is 8.81 Å². The van der Waals surface area contributed by atoms with E-state index in [-0.39, 0.29) is 5.89 Å². The van der Waals surface area contributed by atoms with Gasteiger partial charge in [-0.2, -0.15) is 0 Å². The molecule has 0 aliphatic heterocycles. The number of nitrogens with zero attached hydrogens (tertiary/aromatic N) is 1. The topological polar surface area (TPSA) is 52.0 Å². The van der Waals surface area contributed by atoms with Gasteiger partial charge in [-0.3, -0.25) is 0 Å². The summed E-state index contributed by atoms with van der Waals surface area (Å²) in [7, 11) is 0. The number of hydrogen-bond acceptors (Lipinski definition) is 3. The fraction of sp³-hybridized carbons (Fsp3) is 0.0714. The maximum absolute atomic E-state index is 13.8. The summed E-state index contributed by atoms with van der Waals surface area (Å²) in [6, 6.07) is 10.1. The number of anilines is 1. The normalized spacial score (nSPS) is 11.0. The van der Waals surface area contributed by atoms with Crippen molar-refractivity contribution in [2.75, 3.05) is 5.73 Å². The third kappa shape index (κ3) is 1.72. The second-order valence-electron chi connectivity index (χ2n) is 4.23. The summed E-state index contributed by atoms with van der Waals surface area (Å²) >= 11 is 0. The van der Waals surface area contributed by atoms with Crippen LogP contribution in [0.25, 0.3) is 22.6 Å². The molecule has 2 N–H and O–H groups in total. The Morgan fingerprint density at radius 2 is 2.00 bits per heavy atom. The minimum atomic E-state index is -0.432. The quantitative estimate of drug-likeness (QED) is 0.664. The Labute approximate surface area is 103 Å². The lowest BCUT2D eigenvalue weighted by Gasteiger charge is -1.98. The van der Waals surface area contributed by atoms with Gasteiger partial charge in [0.2, 0.25) is 5.89 Å². The lowest BCUT2D eigenvalue weighted by molar-refractivity contribution is 0.594. The van der Waals surface area contributed by atoms with Gasteiger partial charge in [-0.1, -0.05) is 6.07 Å². The van der Waals surface area contributed by atoms with Crippen LogP contribution in [0.5, 0.6) is 0 Å². The minimum absolute atomic E-state index is 0.271. The molecular formula is C14H11FN2O. The zero-order chi connectivity index (χ0) is 12.7. The highest BCUT2D eigenvalue weighted by atomic mass is 19.1. The second kappa shape index (κ2) is 3.84.